The fourth-order valence-corrected chi connectivity index (χ4v) is 3.79. The van der Waals surface area contributed by atoms with E-state index in [0.717, 1.165) is 23.1 Å². The molecule has 0 unspecified atom stereocenters. The normalized spacial score (nSPS) is 12.6. The van der Waals surface area contributed by atoms with Gasteiger partial charge in [0.25, 0.3) is 0 Å². The monoisotopic (exact) mass is 405 g/mol. The summed E-state index contributed by atoms with van der Waals surface area (Å²) < 4.78 is 18.6. The van der Waals surface area contributed by atoms with Gasteiger partial charge in [0, 0.05) is 6.42 Å². The summed E-state index contributed by atoms with van der Waals surface area (Å²) >= 11 is 0. The minimum Gasteiger partial charge on any atom is -0.480 e. The van der Waals surface area contributed by atoms with Crippen molar-refractivity contribution < 1.29 is 23.8 Å². The average molecular weight is 405 g/mol. The Hall–Kier alpha value is -3.67. The number of fused-ring (bicyclic) bond motifs is 3. The predicted molar refractivity (Wildman–Crippen MR) is 110 cm³/mol. The van der Waals surface area contributed by atoms with Gasteiger partial charge in [-0.3, -0.25) is 0 Å². The first-order valence-electron chi connectivity index (χ1n) is 9.61. The molecule has 3 aromatic rings. The number of rotatable bonds is 6. The number of hydrogen-bond donors (Lipinski definition) is 2. The van der Waals surface area contributed by atoms with Crippen molar-refractivity contribution in [1.82, 2.24) is 5.32 Å². The van der Waals surface area contributed by atoms with Crippen LogP contribution in [0.15, 0.2) is 66.7 Å². The fraction of sp³-hybridized carbons (Fsp3) is 0.167. The van der Waals surface area contributed by atoms with Crippen molar-refractivity contribution in [1.29, 1.82) is 0 Å². The lowest BCUT2D eigenvalue weighted by atomic mass is 10.0. The van der Waals surface area contributed by atoms with Crippen LogP contribution in [0.4, 0.5) is 9.18 Å². The Morgan fingerprint density at radius 1 is 1.03 bits per heavy atom. The van der Waals surface area contributed by atoms with Crippen LogP contribution in [0.3, 0.4) is 0 Å². The third kappa shape index (κ3) is 4.17. The summed E-state index contributed by atoms with van der Waals surface area (Å²) in [6.07, 6.45) is -0.103. The Balaban J connectivity index is 1.41. The molecule has 1 aliphatic rings. The van der Waals surface area contributed by atoms with E-state index in [1.807, 2.05) is 30.3 Å². The number of carbonyl (C=O) groups excluding carboxylic acids is 1. The maximum absolute atomic E-state index is 13.3. The van der Waals surface area contributed by atoms with Gasteiger partial charge in [0.05, 0.1) is 0 Å². The number of nitrogens with one attached hydrogen (secondary N) is 1. The van der Waals surface area contributed by atoms with Gasteiger partial charge in [-0.15, -0.1) is 0 Å². The molecule has 3 aromatic carbocycles. The molecule has 2 N–H and O–H groups in total. The summed E-state index contributed by atoms with van der Waals surface area (Å²) in [6, 6.07) is 18.4. The number of alkyl carbamates (subject to hydrolysis) is 1. The van der Waals surface area contributed by atoms with E-state index in [0.29, 0.717) is 5.56 Å². The lowest BCUT2D eigenvalue weighted by Crippen LogP contribution is -2.42. The molecule has 30 heavy (non-hydrogen) atoms. The Morgan fingerprint density at radius 2 is 1.80 bits per heavy atom. The van der Waals surface area contributed by atoms with E-state index in [9.17, 15) is 19.1 Å². The molecule has 1 atom stereocenters. The zero-order valence-corrected chi connectivity index (χ0v) is 16.1. The molecule has 1 aliphatic carbocycles. The van der Waals surface area contributed by atoms with Crippen LogP contribution in [0.2, 0.25) is 0 Å². The van der Waals surface area contributed by atoms with Crippen LogP contribution >= 0.6 is 0 Å². The SMILES string of the molecule is O=C(N[C@@H](Cc1cccc(F)c1)C(=O)O)OCc1cccc2c1Cc1ccccc1-2. The van der Waals surface area contributed by atoms with Gasteiger partial charge in [0.2, 0.25) is 0 Å². The summed E-state index contributed by atoms with van der Waals surface area (Å²) in [5, 5.41) is 11.8. The van der Waals surface area contributed by atoms with E-state index >= 15 is 0 Å². The number of hydrogen-bond acceptors (Lipinski definition) is 3. The largest absolute Gasteiger partial charge is 0.480 e. The fourth-order valence-electron chi connectivity index (χ4n) is 3.79. The number of carboxylic acid groups (broad SMARTS) is 1. The molecule has 0 saturated heterocycles. The van der Waals surface area contributed by atoms with Crippen molar-refractivity contribution in [2.75, 3.05) is 0 Å². The summed E-state index contributed by atoms with van der Waals surface area (Å²) in [5.41, 5.74) is 6.00. The van der Waals surface area contributed by atoms with Crippen molar-refractivity contribution in [3.05, 3.63) is 94.8 Å². The minimum absolute atomic E-state index is 0.0370. The van der Waals surface area contributed by atoms with Crippen molar-refractivity contribution in [2.45, 2.75) is 25.5 Å². The zero-order chi connectivity index (χ0) is 21.1. The highest BCUT2D eigenvalue weighted by Crippen LogP contribution is 2.38. The molecule has 0 aliphatic heterocycles. The van der Waals surface area contributed by atoms with Gasteiger partial charge in [-0.05, 0) is 51.9 Å². The van der Waals surface area contributed by atoms with E-state index in [-0.39, 0.29) is 13.0 Å². The van der Waals surface area contributed by atoms with Crippen LogP contribution in [0.1, 0.15) is 22.3 Å². The number of carbonyl (C=O) groups is 2. The van der Waals surface area contributed by atoms with Crippen molar-refractivity contribution in [3.8, 4) is 11.1 Å². The molecule has 0 saturated carbocycles. The van der Waals surface area contributed by atoms with Crippen molar-refractivity contribution in [2.24, 2.45) is 0 Å². The van der Waals surface area contributed by atoms with Gasteiger partial charge >= 0.3 is 12.1 Å². The second kappa shape index (κ2) is 8.37. The summed E-state index contributed by atoms with van der Waals surface area (Å²) in [7, 11) is 0. The van der Waals surface area contributed by atoms with E-state index in [1.54, 1.807) is 6.07 Å². The molecule has 5 nitrogen and oxygen atoms in total. The number of ether oxygens (including phenoxy) is 1. The first-order chi connectivity index (χ1) is 14.5. The van der Waals surface area contributed by atoms with Gasteiger partial charge in [-0.2, -0.15) is 0 Å². The lowest BCUT2D eigenvalue weighted by molar-refractivity contribution is -0.139. The summed E-state index contributed by atoms with van der Waals surface area (Å²) in [4.78, 5) is 23.7. The third-order valence-electron chi connectivity index (χ3n) is 5.23. The third-order valence-corrected chi connectivity index (χ3v) is 5.23. The van der Waals surface area contributed by atoms with Crippen LogP contribution in [0, 0.1) is 5.82 Å². The molecule has 6 heteroatoms. The molecule has 4 rings (SSSR count). The Kier molecular flexibility index (Phi) is 5.48. The lowest BCUT2D eigenvalue weighted by Gasteiger charge is -2.15. The van der Waals surface area contributed by atoms with Gasteiger partial charge in [0.1, 0.15) is 18.5 Å². The Labute approximate surface area is 173 Å². The zero-order valence-electron chi connectivity index (χ0n) is 16.1. The van der Waals surface area contributed by atoms with Gasteiger partial charge in [0.15, 0.2) is 0 Å². The van der Waals surface area contributed by atoms with Crippen LogP contribution in [-0.2, 0) is 29.0 Å². The number of aliphatic carboxylic acids is 1. The number of benzene rings is 3. The van der Waals surface area contributed by atoms with Gasteiger partial charge < -0.3 is 15.2 Å². The maximum Gasteiger partial charge on any atom is 0.408 e. The van der Waals surface area contributed by atoms with E-state index in [1.165, 1.54) is 29.3 Å². The highest BCUT2D eigenvalue weighted by Gasteiger charge is 2.23. The molecule has 0 bridgehead atoms. The first kappa shape index (κ1) is 19.6. The van der Waals surface area contributed by atoms with Crippen LogP contribution in [0.5, 0.6) is 0 Å². The second-order valence-electron chi connectivity index (χ2n) is 7.22. The molecular formula is C24H20FNO4. The van der Waals surface area contributed by atoms with Crippen LogP contribution in [0.25, 0.3) is 11.1 Å². The Bertz CT molecular complexity index is 1110. The van der Waals surface area contributed by atoms with Crippen molar-refractivity contribution in [3.63, 3.8) is 0 Å². The van der Waals surface area contributed by atoms with Crippen LogP contribution in [-0.4, -0.2) is 23.2 Å². The molecule has 1 amide bonds. The number of halogens is 1. The summed E-state index contributed by atoms with van der Waals surface area (Å²) in [5.74, 6) is -1.68. The highest BCUT2D eigenvalue weighted by molar-refractivity contribution is 5.80. The van der Waals surface area contributed by atoms with Gasteiger partial charge in [-0.1, -0.05) is 54.6 Å². The molecule has 0 radical (unpaired) electrons. The number of carboxylic acids is 1. The smallest absolute Gasteiger partial charge is 0.408 e. The average Bonchev–Trinajstić information content (AvgIpc) is 3.11. The second-order valence-corrected chi connectivity index (χ2v) is 7.22. The van der Waals surface area contributed by atoms with E-state index in [2.05, 4.69) is 17.4 Å². The molecule has 0 spiro atoms. The van der Waals surface area contributed by atoms with Crippen LogP contribution < -0.4 is 5.32 Å². The topological polar surface area (TPSA) is 75.6 Å². The molecule has 152 valence electrons. The van der Waals surface area contributed by atoms with E-state index < -0.39 is 23.9 Å². The Morgan fingerprint density at radius 3 is 2.60 bits per heavy atom. The molecular weight excluding hydrogens is 385 g/mol. The summed E-state index contributed by atoms with van der Waals surface area (Å²) in [6.45, 7) is 0.0370. The van der Waals surface area contributed by atoms with Crippen molar-refractivity contribution >= 4 is 12.1 Å². The molecule has 0 fully saturated rings. The minimum atomic E-state index is -1.22. The van der Waals surface area contributed by atoms with Gasteiger partial charge in [-0.25, -0.2) is 14.0 Å². The van der Waals surface area contributed by atoms with E-state index in [4.69, 9.17) is 4.74 Å². The molecule has 0 aromatic heterocycles. The maximum atomic E-state index is 13.3. The number of amides is 1. The standard InChI is InChI=1S/C24H20FNO4/c25-18-8-3-5-15(11-18)12-22(23(27)28)26-24(29)30-14-17-7-4-10-20-19-9-2-1-6-16(19)13-21(17)20/h1-11,22H,12-14H2,(H,26,29)(H,27,28)/t22-/m0/s1. The predicted octanol–water partition coefficient (Wildman–Crippen LogP) is 4.32. The highest BCUT2D eigenvalue weighted by atomic mass is 19.1. The quantitative estimate of drug-likeness (QED) is 0.501. The first-order valence-corrected chi connectivity index (χ1v) is 9.61. The molecule has 0 heterocycles.